The zero-order valence-corrected chi connectivity index (χ0v) is 18.8. The molecule has 0 aliphatic carbocycles. The van der Waals surface area contributed by atoms with Crippen molar-refractivity contribution in [2.24, 2.45) is 0 Å². The van der Waals surface area contributed by atoms with E-state index in [1.165, 1.54) is 21.1 Å². The van der Waals surface area contributed by atoms with Crippen LogP contribution in [0.15, 0.2) is 42.5 Å². The second kappa shape index (κ2) is 10.1. The first kappa shape index (κ1) is 23.9. The minimum Gasteiger partial charge on any atom is -0.497 e. The third-order valence-corrected chi connectivity index (χ3v) is 4.77. The third kappa shape index (κ3) is 6.31. The van der Waals surface area contributed by atoms with Crippen LogP contribution in [0, 0.1) is 0 Å². The van der Waals surface area contributed by atoms with Gasteiger partial charge in [-0.15, -0.1) is 0 Å². The van der Waals surface area contributed by atoms with Crippen LogP contribution < -0.4 is 14.8 Å². The summed E-state index contributed by atoms with van der Waals surface area (Å²) in [6.07, 6.45) is 0. The van der Waals surface area contributed by atoms with Gasteiger partial charge in [-0.3, -0.25) is 9.59 Å². The van der Waals surface area contributed by atoms with E-state index in [1.54, 1.807) is 30.3 Å². The van der Waals surface area contributed by atoms with Crippen LogP contribution in [0.25, 0.3) is 0 Å². The van der Waals surface area contributed by atoms with Gasteiger partial charge in [0.05, 0.1) is 19.8 Å². The van der Waals surface area contributed by atoms with Crippen LogP contribution in [0.4, 0.5) is 0 Å². The molecule has 7 nitrogen and oxygen atoms in total. The number of methoxy groups -OCH3 is 2. The number of amides is 1. The van der Waals surface area contributed by atoms with Crippen molar-refractivity contribution >= 4 is 17.7 Å². The van der Waals surface area contributed by atoms with E-state index in [9.17, 15) is 14.4 Å². The highest BCUT2D eigenvalue weighted by molar-refractivity contribution is 6.01. The first-order valence-corrected chi connectivity index (χ1v) is 9.90. The first-order chi connectivity index (χ1) is 14.6. The molecular formula is C24H29NO6. The van der Waals surface area contributed by atoms with Crippen LogP contribution in [0.5, 0.6) is 11.5 Å². The molecule has 7 heteroatoms. The van der Waals surface area contributed by atoms with E-state index in [1.807, 2.05) is 12.1 Å². The summed E-state index contributed by atoms with van der Waals surface area (Å²) in [5.41, 5.74) is 1.79. The maximum absolute atomic E-state index is 12.4. The quantitative estimate of drug-likeness (QED) is 0.512. The van der Waals surface area contributed by atoms with Crippen molar-refractivity contribution in [3.8, 4) is 11.5 Å². The van der Waals surface area contributed by atoms with Gasteiger partial charge in [-0.25, -0.2) is 4.79 Å². The predicted molar refractivity (Wildman–Crippen MR) is 117 cm³/mol. The van der Waals surface area contributed by atoms with Crippen molar-refractivity contribution in [2.45, 2.75) is 39.2 Å². The molecule has 0 aliphatic heterocycles. The number of hydrogen-bond donors (Lipinski definition) is 1. The van der Waals surface area contributed by atoms with Crippen molar-refractivity contribution in [3.05, 3.63) is 59.2 Å². The van der Waals surface area contributed by atoms with Gasteiger partial charge in [-0.1, -0.05) is 32.9 Å². The number of carbonyl (C=O) groups is 3. The molecule has 0 saturated carbocycles. The molecule has 0 fully saturated rings. The normalized spacial score (nSPS) is 11.9. The summed E-state index contributed by atoms with van der Waals surface area (Å²) in [5, 5.41) is 2.59. The van der Waals surface area contributed by atoms with Crippen molar-refractivity contribution in [1.29, 1.82) is 0 Å². The molecule has 0 aromatic heterocycles. The smallest absolute Gasteiger partial charge is 0.328 e. The lowest BCUT2D eigenvalue weighted by Gasteiger charge is -2.19. The van der Waals surface area contributed by atoms with Crippen LogP contribution in [-0.2, 0) is 14.9 Å². The Hall–Kier alpha value is -3.35. The number of carbonyl (C=O) groups excluding carboxylic acids is 3. The summed E-state index contributed by atoms with van der Waals surface area (Å²) < 4.78 is 15.4. The van der Waals surface area contributed by atoms with Crippen LogP contribution in [-0.4, -0.2) is 44.5 Å². The number of ether oxygens (including phenoxy) is 3. The summed E-state index contributed by atoms with van der Waals surface area (Å²) in [7, 11) is 2.94. The zero-order valence-electron chi connectivity index (χ0n) is 18.8. The Morgan fingerprint density at radius 2 is 1.61 bits per heavy atom. The summed E-state index contributed by atoms with van der Waals surface area (Å²) in [5.74, 6) is -0.671. The molecule has 2 rings (SSSR count). The minimum absolute atomic E-state index is 0.0226. The van der Waals surface area contributed by atoms with E-state index in [4.69, 9.17) is 14.2 Å². The van der Waals surface area contributed by atoms with Crippen molar-refractivity contribution in [1.82, 2.24) is 5.32 Å². The number of rotatable bonds is 8. The van der Waals surface area contributed by atoms with Crippen molar-refractivity contribution in [2.75, 3.05) is 20.8 Å². The highest BCUT2D eigenvalue weighted by Gasteiger charge is 2.21. The topological polar surface area (TPSA) is 90.9 Å². The summed E-state index contributed by atoms with van der Waals surface area (Å²) in [6.45, 7) is 7.29. The molecule has 2 aromatic carbocycles. The Morgan fingerprint density at radius 3 is 2.16 bits per heavy atom. The average Bonchev–Trinajstić information content (AvgIpc) is 2.75. The van der Waals surface area contributed by atoms with E-state index >= 15 is 0 Å². The summed E-state index contributed by atoms with van der Waals surface area (Å²) in [4.78, 5) is 37.1. The van der Waals surface area contributed by atoms with Gasteiger partial charge in [0, 0.05) is 11.6 Å². The van der Waals surface area contributed by atoms with Gasteiger partial charge in [-0.05, 0) is 42.2 Å². The molecule has 0 unspecified atom stereocenters. The molecule has 0 aliphatic rings. The molecule has 166 valence electrons. The highest BCUT2D eigenvalue weighted by Crippen LogP contribution is 2.25. The SMILES string of the molecule is COc1ccc(C(=O)COC(=O)[C@H](C)NC(=O)c2ccc(C(C)(C)C)cc2)c(OC)c1. The van der Waals surface area contributed by atoms with Crippen LogP contribution in [0.1, 0.15) is 54.0 Å². The van der Waals surface area contributed by atoms with Gasteiger partial charge >= 0.3 is 5.97 Å². The summed E-state index contributed by atoms with van der Waals surface area (Å²) in [6, 6.07) is 11.0. The molecule has 31 heavy (non-hydrogen) atoms. The summed E-state index contributed by atoms with van der Waals surface area (Å²) >= 11 is 0. The standard InChI is InChI=1S/C24H29NO6/c1-15(25-22(27)16-7-9-17(10-8-16)24(2,3)4)23(28)31-14-20(26)19-12-11-18(29-5)13-21(19)30-6/h7-13,15H,14H2,1-6H3,(H,25,27)/t15-/m0/s1. The number of esters is 1. The Balaban J connectivity index is 1.94. The second-order valence-corrected chi connectivity index (χ2v) is 8.12. The number of hydrogen-bond acceptors (Lipinski definition) is 6. The maximum atomic E-state index is 12.4. The lowest BCUT2D eigenvalue weighted by molar-refractivity contribution is -0.144. The lowest BCUT2D eigenvalue weighted by atomic mass is 9.86. The van der Waals surface area contributed by atoms with E-state index in [0.717, 1.165) is 5.56 Å². The Kier molecular flexibility index (Phi) is 7.80. The molecule has 1 amide bonds. The van der Waals surface area contributed by atoms with Gasteiger partial charge in [0.1, 0.15) is 17.5 Å². The fraction of sp³-hybridized carbons (Fsp3) is 0.375. The van der Waals surface area contributed by atoms with E-state index in [0.29, 0.717) is 17.1 Å². The van der Waals surface area contributed by atoms with Crippen LogP contribution in [0.2, 0.25) is 0 Å². The van der Waals surface area contributed by atoms with E-state index in [-0.39, 0.29) is 11.0 Å². The fourth-order valence-electron chi connectivity index (χ4n) is 2.83. The highest BCUT2D eigenvalue weighted by atomic mass is 16.5. The first-order valence-electron chi connectivity index (χ1n) is 9.90. The number of ketones is 1. The molecule has 0 heterocycles. The predicted octanol–water partition coefficient (Wildman–Crippen LogP) is 3.55. The van der Waals surface area contributed by atoms with Crippen molar-refractivity contribution in [3.63, 3.8) is 0 Å². The lowest BCUT2D eigenvalue weighted by Crippen LogP contribution is -2.40. The van der Waals surface area contributed by atoms with Crippen LogP contribution >= 0.6 is 0 Å². The van der Waals surface area contributed by atoms with Gasteiger partial charge in [-0.2, -0.15) is 0 Å². The molecule has 2 aromatic rings. The van der Waals surface area contributed by atoms with Crippen LogP contribution in [0.3, 0.4) is 0 Å². The van der Waals surface area contributed by atoms with Gasteiger partial charge < -0.3 is 19.5 Å². The Morgan fingerprint density at radius 1 is 0.968 bits per heavy atom. The van der Waals surface area contributed by atoms with Gasteiger partial charge in [0.15, 0.2) is 6.61 Å². The van der Waals surface area contributed by atoms with E-state index < -0.39 is 30.3 Å². The maximum Gasteiger partial charge on any atom is 0.328 e. The molecule has 1 atom stereocenters. The zero-order chi connectivity index (χ0) is 23.2. The monoisotopic (exact) mass is 427 g/mol. The Bertz CT molecular complexity index is 944. The number of nitrogens with one attached hydrogen (secondary N) is 1. The molecule has 0 saturated heterocycles. The molecule has 0 radical (unpaired) electrons. The van der Waals surface area contributed by atoms with Gasteiger partial charge in [0.25, 0.3) is 5.91 Å². The number of benzene rings is 2. The molecule has 0 spiro atoms. The number of Topliss-reactive ketones (excluding diaryl/α,β-unsaturated/α-hetero) is 1. The Labute approximate surface area is 182 Å². The van der Waals surface area contributed by atoms with Crippen molar-refractivity contribution < 1.29 is 28.6 Å². The fourth-order valence-corrected chi connectivity index (χ4v) is 2.83. The molecular weight excluding hydrogens is 398 g/mol. The molecule has 1 N–H and O–H groups in total. The minimum atomic E-state index is -0.916. The van der Waals surface area contributed by atoms with E-state index in [2.05, 4.69) is 26.1 Å². The largest absolute Gasteiger partial charge is 0.497 e. The average molecular weight is 427 g/mol. The molecule has 0 bridgehead atoms. The van der Waals surface area contributed by atoms with Gasteiger partial charge in [0.2, 0.25) is 5.78 Å². The second-order valence-electron chi connectivity index (χ2n) is 8.12. The third-order valence-electron chi connectivity index (χ3n) is 4.77.